The quantitative estimate of drug-likeness (QED) is 0.597. The molecule has 0 aromatic heterocycles. The van der Waals surface area contributed by atoms with Crippen LogP contribution in [-0.2, 0) is 0 Å². The number of likely N-dealkylation sites (tertiary alicyclic amines) is 1. The van der Waals surface area contributed by atoms with Gasteiger partial charge in [0.1, 0.15) is 0 Å². The summed E-state index contributed by atoms with van der Waals surface area (Å²) in [6.07, 6.45) is 1.23. The molecule has 1 saturated heterocycles. The Morgan fingerprint density at radius 2 is 2.11 bits per heavy atom. The lowest BCUT2D eigenvalue weighted by atomic mass is 9.97. The average Bonchev–Trinajstić information content (AvgIpc) is 2.36. The Bertz CT molecular complexity index is 310. The second kappa shape index (κ2) is 8.04. The largest absolute Gasteiger partial charge is 0.404 e. The van der Waals surface area contributed by atoms with Crippen molar-refractivity contribution in [2.24, 2.45) is 16.6 Å². The number of alkyl halides is 2. The highest BCUT2D eigenvalue weighted by atomic mass is 127. The Hall–Kier alpha value is -0.240. The lowest BCUT2D eigenvalue weighted by Gasteiger charge is -2.30. The SMILES string of the molecule is C/C(=C/N)C(I)=NCC1CCN(CC(F)F)CC1. The minimum atomic E-state index is -2.22. The Morgan fingerprint density at radius 1 is 1.50 bits per heavy atom. The molecule has 1 aliphatic heterocycles. The molecule has 0 spiro atoms. The van der Waals surface area contributed by atoms with Crippen LogP contribution in [0, 0.1) is 5.92 Å². The van der Waals surface area contributed by atoms with Gasteiger partial charge in [-0.2, -0.15) is 0 Å². The molecule has 104 valence electrons. The van der Waals surface area contributed by atoms with E-state index in [1.54, 1.807) is 6.20 Å². The predicted octanol–water partition coefficient (Wildman–Crippen LogP) is 2.66. The lowest BCUT2D eigenvalue weighted by Crippen LogP contribution is -2.37. The lowest BCUT2D eigenvalue weighted by molar-refractivity contribution is 0.0700. The first kappa shape index (κ1) is 15.8. The number of piperidine rings is 1. The van der Waals surface area contributed by atoms with Crippen molar-refractivity contribution in [2.75, 3.05) is 26.2 Å². The predicted molar refractivity (Wildman–Crippen MR) is 79.4 cm³/mol. The molecule has 1 heterocycles. The Morgan fingerprint density at radius 3 is 2.61 bits per heavy atom. The van der Waals surface area contributed by atoms with Crippen molar-refractivity contribution in [2.45, 2.75) is 26.2 Å². The van der Waals surface area contributed by atoms with Gasteiger partial charge in [-0.05, 0) is 73.1 Å². The van der Waals surface area contributed by atoms with Crippen LogP contribution in [0.4, 0.5) is 8.78 Å². The zero-order valence-electron chi connectivity index (χ0n) is 10.6. The molecule has 0 aliphatic carbocycles. The summed E-state index contributed by atoms with van der Waals surface area (Å²) in [5.74, 6) is 0.509. The Balaban J connectivity index is 2.32. The molecule has 0 radical (unpaired) electrons. The molecule has 1 aliphatic rings. The molecule has 0 amide bonds. The van der Waals surface area contributed by atoms with Gasteiger partial charge in [-0.3, -0.25) is 9.89 Å². The summed E-state index contributed by atoms with van der Waals surface area (Å²) in [6, 6.07) is 0. The molecule has 0 bridgehead atoms. The van der Waals surface area contributed by atoms with E-state index in [4.69, 9.17) is 5.73 Å². The summed E-state index contributed by atoms with van der Waals surface area (Å²) in [5, 5.41) is 0. The number of hydrogen-bond acceptors (Lipinski definition) is 3. The van der Waals surface area contributed by atoms with E-state index in [9.17, 15) is 8.78 Å². The van der Waals surface area contributed by atoms with E-state index in [0.29, 0.717) is 5.92 Å². The molecule has 6 heteroatoms. The number of rotatable bonds is 5. The highest BCUT2D eigenvalue weighted by Gasteiger charge is 2.21. The monoisotopic (exact) mass is 371 g/mol. The first-order valence-electron chi connectivity index (χ1n) is 6.12. The van der Waals surface area contributed by atoms with Crippen molar-refractivity contribution >= 4 is 26.3 Å². The van der Waals surface area contributed by atoms with E-state index in [1.807, 2.05) is 11.8 Å². The van der Waals surface area contributed by atoms with Crippen LogP contribution in [0.5, 0.6) is 0 Å². The van der Waals surface area contributed by atoms with Gasteiger partial charge >= 0.3 is 0 Å². The van der Waals surface area contributed by atoms with Gasteiger partial charge in [-0.15, -0.1) is 0 Å². The van der Waals surface area contributed by atoms with Crippen LogP contribution >= 0.6 is 22.6 Å². The van der Waals surface area contributed by atoms with Crippen molar-refractivity contribution in [3.8, 4) is 0 Å². The maximum atomic E-state index is 12.2. The zero-order valence-corrected chi connectivity index (χ0v) is 12.7. The molecule has 0 aromatic carbocycles. The van der Waals surface area contributed by atoms with Gasteiger partial charge in [-0.1, -0.05) is 0 Å². The average molecular weight is 371 g/mol. The minimum Gasteiger partial charge on any atom is -0.404 e. The minimum absolute atomic E-state index is 0.0947. The second-order valence-electron chi connectivity index (χ2n) is 4.62. The van der Waals surface area contributed by atoms with Crippen molar-refractivity contribution in [3.63, 3.8) is 0 Å². The molecule has 0 atom stereocenters. The van der Waals surface area contributed by atoms with Crippen molar-refractivity contribution < 1.29 is 8.78 Å². The second-order valence-corrected chi connectivity index (χ2v) is 5.64. The van der Waals surface area contributed by atoms with E-state index >= 15 is 0 Å². The topological polar surface area (TPSA) is 41.6 Å². The summed E-state index contributed by atoms with van der Waals surface area (Å²) in [5.41, 5.74) is 6.40. The van der Waals surface area contributed by atoms with E-state index in [0.717, 1.165) is 41.8 Å². The standard InChI is InChI=1S/C12H20F2IN3/c1-9(6-16)12(15)17-7-10-2-4-18(5-3-10)8-11(13)14/h6,10-11H,2-5,7-8,16H2,1H3/b9-6-,17-12?. The molecule has 0 unspecified atom stereocenters. The first-order chi connectivity index (χ1) is 8.52. The number of nitrogens with two attached hydrogens (primary N) is 1. The molecule has 1 rings (SSSR count). The summed E-state index contributed by atoms with van der Waals surface area (Å²) in [6.45, 7) is 4.12. The molecular weight excluding hydrogens is 351 g/mol. The maximum Gasteiger partial charge on any atom is 0.251 e. The van der Waals surface area contributed by atoms with Crippen molar-refractivity contribution in [1.29, 1.82) is 0 Å². The van der Waals surface area contributed by atoms with Gasteiger partial charge < -0.3 is 5.73 Å². The molecule has 1 fully saturated rings. The van der Waals surface area contributed by atoms with E-state index in [-0.39, 0.29) is 6.54 Å². The third-order valence-electron chi connectivity index (χ3n) is 3.17. The van der Waals surface area contributed by atoms with Crippen LogP contribution in [0.15, 0.2) is 16.8 Å². The number of aliphatic imine (C=N–C) groups is 1. The highest BCUT2D eigenvalue weighted by molar-refractivity contribution is 14.1. The molecule has 0 aromatic rings. The summed E-state index contributed by atoms with van der Waals surface area (Å²) in [4.78, 5) is 6.33. The van der Waals surface area contributed by atoms with Crippen LogP contribution in [0.2, 0.25) is 0 Å². The third kappa shape index (κ3) is 5.60. The van der Waals surface area contributed by atoms with E-state index in [2.05, 4.69) is 27.6 Å². The molecule has 2 N–H and O–H groups in total. The van der Waals surface area contributed by atoms with Gasteiger partial charge in [0.25, 0.3) is 6.43 Å². The van der Waals surface area contributed by atoms with Crippen LogP contribution in [0.25, 0.3) is 0 Å². The van der Waals surface area contributed by atoms with Gasteiger partial charge in [0.15, 0.2) is 0 Å². The van der Waals surface area contributed by atoms with Gasteiger partial charge in [0.2, 0.25) is 0 Å². The van der Waals surface area contributed by atoms with Crippen LogP contribution in [0.3, 0.4) is 0 Å². The fourth-order valence-corrected chi connectivity index (χ4v) is 2.33. The van der Waals surface area contributed by atoms with E-state index in [1.165, 1.54) is 0 Å². The number of allylic oxidation sites excluding steroid dienone is 1. The van der Waals surface area contributed by atoms with Crippen LogP contribution < -0.4 is 5.73 Å². The number of nitrogens with zero attached hydrogens (tertiary/aromatic N) is 2. The molecule has 0 saturated carbocycles. The van der Waals surface area contributed by atoms with Gasteiger partial charge in [-0.25, -0.2) is 8.78 Å². The van der Waals surface area contributed by atoms with Crippen molar-refractivity contribution in [1.82, 2.24) is 4.90 Å². The van der Waals surface area contributed by atoms with E-state index < -0.39 is 6.43 Å². The number of halogens is 3. The number of hydrogen-bond donors (Lipinski definition) is 1. The fraction of sp³-hybridized carbons (Fsp3) is 0.750. The maximum absolute atomic E-state index is 12.2. The van der Waals surface area contributed by atoms with Gasteiger partial charge in [0, 0.05) is 6.54 Å². The summed E-state index contributed by atoms with van der Waals surface area (Å²) in [7, 11) is 0. The van der Waals surface area contributed by atoms with Gasteiger partial charge in [0.05, 0.1) is 10.3 Å². The van der Waals surface area contributed by atoms with Crippen molar-refractivity contribution in [3.05, 3.63) is 11.8 Å². The van der Waals surface area contributed by atoms with Crippen LogP contribution in [-0.4, -0.2) is 41.2 Å². The summed E-state index contributed by atoms with van der Waals surface area (Å²) < 4.78 is 25.4. The highest BCUT2D eigenvalue weighted by Crippen LogP contribution is 2.19. The Kier molecular flexibility index (Phi) is 7.06. The first-order valence-corrected chi connectivity index (χ1v) is 7.20. The zero-order chi connectivity index (χ0) is 13.5. The molecule has 18 heavy (non-hydrogen) atoms. The summed E-state index contributed by atoms with van der Waals surface area (Å²) >= 11 is 2.18. The normalized spacial score (nSPS) is 20.7. The molecule has 3 nitrogen and oxygen atoms in total. The Labute approximate surface area is 121 Å². The molecular formula is C12H20F2IN3. The smallest absolute Gasteiger partial charge is 0.251 e. The fourth-order valence-electron chi connectivity index (χ4n) is 1.95. The third-order valence-corrected chi connectivity index (χ3v) is 4.36. The van der Waals surface area contributed by atoms with Crippen LogP contribution in [0.1, 0.15) is 19.8 Å².